The van der Waals surface area contributed by atoms with Crippen molar-refractivity contribution in [1.82, 2.24) is 0 Å². The van der Waals surface area contributed by atoms with Gasteiger partial charge in [-0.15, -0.1) is 11.3 Å². The number of carbonyl (C=O) groups excluding carboxylic acids is 1. The molecule has 0 unspecified atom stereocenters. The number of nitrogen functional groups attached to an aromatic ring is 1. The van der Waals surface area contributed by atoms with Crippen LogP contribution in [0, 0.1) is 13.8 Å². The lowest BCUT2D eigenvalue weighted by Gasteiger charge is -2.09. The van der Waals surface area contributed by atoms with Gasteiger partial charge in [-0.2, -0.15) is 0 Å². The number of nitrogens with two attached hydrogens (primary N) is 2. The van der Waals surface area contributed by atoms with Crippen LogP contribution < -0.4 is 16.8 Å². The minimum absolute atomic E-state index is 0.422. The normalized spacial score (nSPS) is 10.4. The molecule has 0 saturated heterocycles. The standard InChI is InChI=1S/C14H17N3OS/c1-8-5-11(19-9(8)2)7-17-13-4-3-10(14(16)18)6-12(13)15/h3-6,17H,7,15H2,1-2H3,(H2,16,18). The Hall–Kier alpha value is -2.01. The largest absolute Gasteiger partial charge is 0.397 e. The van der Waals surface area contributed by atoms with Gasteiger partial charge in [0.05, 0.1) is 11.4 Å². The number of rotatable bonds is 4. The van der Waals surface area contributed by atoms with Gasteiger partial charge in [0.25, 0.3) is 0 Å². The molecule has 0 atom stereocenters. The van der Waals surface area contributed by atoms with E-state index < -0.39 is 5.91 Å². The highest BCUT2D eigenvalue weighted by Gasteiger charge is 2.06. The van der Waals surface area contributed by atoms with Crippen molar-refractivity contribution in [2.24, 2.45) is 5.73 Å². The summed E-state index contributed by atoms with van der Waals surface area (Å²) >= 11 is 1.77. The van der Waals surface area contributed by atoms with Crippen molar-refractivity contribution in [1.29, 1.82) is 0 Å². The van der Waals surface area contributed by atoms with E-state index in [2.05, 4.69) is 25.2 Å². The fourth-order valence-electron chi connectivity index (χ4n) is 1.80. The number of nitrogens with one attached hydrogen (secondary N) is 1. The van der Waals surface area contributed by atoms with Crippen molar-refractivity contribution in [2.75, 3.05) is 11.1 Å². The first-order valence-electron chi connectivity index (χ1n) is 5.96. The number of hydrogen-bond donors (Lipinski definition) is 3. The lowest BCUT2D eigenvalue weighted by Crippen LogP contribution is -2.11. The highest BCUT2D eigenvalue weighted by molar-refractivity contribution is 7.12. The summed E-state index contributed by atoms with van der Waals surface area (Å²) in [5.41, 5.74) is 14.2. The Morgan fingerprint density at radius 3 is 2.58 bits per heavy atom. The zero-order chi connectivity index (χ0) is 14.0. The molecule has 2 aromatic rings. The third kappa shape index (κ3) is 3.06. The fraction of sp³-hybridized carbons (Fsp3) is 0.214. The molecule has 5 N–H and O–H groups in total. The van der Waals surface area contributed by atoms with Gasteiger partial charge in [0, 0.05) is 21.9 Å². The minimum Gasteiger partial charge on any atom is -0.397 e. The number of hydrogen-bond acceptors (Lipinski definition) is 4. The molecule has 0 aliphatic rings. The Labute approximate surface area is 116 Å². The van der Waals surface area contributed by atoms with Gasteiger partial charge >= 0.3 is 0 Å². The lowest BCUT2D eigenvalue weighted by atomic mass is 10.1. The van der Waals surface area contributed by atoms with Crippen LogP contribution in [0.3, 0.4) is 0 Å². The number of primary amides is 1. The molecule has 100 valence electrons. The number of benzene rings is 1. The molecule has 1 aromatic carbocycles. The molecule has 2 rings (SSSR count). The van der Waals surface area contributed by atoms with Crippen molar-refractivity contribution in [3.63, 3.8) is 0 Å². The molecule has 0 fully saturated rings. The molecule has 1 aromatic heterocycles. The second kappa shape index (κ2) is 5.32. The molecule has 0 saturated carbocycles. The quantitative estimate of drug-likeness (QED) is 0.750. The third-order valence-electron chi connectivity index (χ3n) is 3.01. The highest BCUT2D eigenvalue weighted by Crippen LogP contribution is 2.24. The second-order valence-corrected chi connectivity index (χ2v) is 5.81. The maximum absolute atomic E-state index is 11.0. The fourth-order valence-corrected chi connectivity index (χ4v) is 2.79. The predicted molar refractivity (Wildman–Crippen MR) is 80.5 cm³/mol. The Bertz CT molecular complexity index is 600. The van der Waals surface area contributed by atoms with Gasteiger partial charge in [-0.3, -0.25) is 4.79 Å². The number of aryl methyl sites for hydroxylation is 2. The summed E-state index contributed by atoms with van der Waals surface area (Å²) < 4.78 is 0. The van der Waals surface area contributed by atoms with Crippen molar-refractivity contribution >= 4 is 28.6 Å². The summed E-state index contributed by atoms with van der Waals surface area (Å²) in [6.07, 6.45) is 0. The summed E-state index contributed by atoms with van der Waals surface area (Å²) in [4.78, 5) is 13.6. The maximum atomic E-state index is 11.0. The van der Waals surface area contributed by atoms with Crippen LogP contribution in [0.25, 0.3) is 0 Å². The van der Waals surface area contributed by atoms with E-state index in [0.29, 0.717) is 11.3 Å². The van der Waals surface area contributed by atoms with Crippen LogP contribution in [-0.4, -0.2) is 5.91 Å². The van der Waals surface area contributed by atoms with E-state index in [1.807, 2.05) is 0 Å². The molecule has 0 radical (unpaired) electrons. The van der Waals surface area contributed by atoms with E-state index in [9.17, 15) is 4.79 Å². The molecular formula is C14H17N3OS. The summed E-state index contributed by atoms with van der Waals surface area (Å²) in [6.45, 7) is 4.93. The number of anilines is 2. The van der Waals surface area contributed by atoms with Crippen LogP contribution in [0.2, 0.25) is 0 Å². The molecule has 0 spiro atoms. The Morgan fingerprint density at radius 2 is 2.05 bits per heavy atom. The van der Waals surface area contributed by atoms with Crippen molar-refractivity contribution < 1.29 is 4.79 Å². The summed E-state index contributed by atoms with van der Waals surface area (Å²) in [5, 5.41) is 3.27. The van der Waals surface area contributed by atoms with Gasteiger partial charge in [-0.1, -0.05) is 0 Å². The first-order valence-corrected chi connectivity index (χ1v) is 6.78. The second-order valence-electron chi connectivity index (χ2n) is 4.47. The van der Waals surface area contributed by atoms with E-state index in [1.165, 1.54) is 15.3 Å². The SMILES string of the molecule is Cc1cc(CNc2ccc(C(N)=O)cc2N)sc1C. The molecule has 0 aliphatic heterocycles. The number of thiophene rings is 1. The zero-order valence-electron chi connectivity index (χ0n) is 11.0. The van der Waals surface area contributed by atoms with Gasteiger partial charge in [0.2, 0.25) is 5.91 Å². The summed E-state index contributed by atoms with van der Waals surface area (Å²) in [6, 6.07) is 7.21. The molecule has 0 bridgehead atoms. The van der Waals surface area contributed by atoms with Crippen LogP contribution >= 0.6 is 11.3 Å². The average molecular weight is 275 g/mol. The van der Waals surface area contributed by atoms with Gasteiger partial charge in [-0.25, -0.2) is 0 Å². The first-order chi connectivity index (χ1) is 8.97. The van der Waals surface area contributed by atoms with E-state index >= 15 is 0 Å². The average Bonchev–Trinajstić information content (AvgIpc) is 2.67. The smallest absolute Gasteiger partial charge is 0.248 e. The highest BCUT2D eigenvalue weighted by atomic mass is 32.1. The molecule has 19 heavy (non-hydrogen) atoms. The summed E-state index contributed by atoms with van der Waals surface area (Å²) in [5.74, 6) is -0.470. The minimum atomic E-state index is -0.470. The first kappa shape index (κ1) is 13.4. The van der Waals surface area contributed by atoms with Gasteiger partial charge in [0.1, 0.15) is 0 Å². The van der Waals surface area contributed by atoms with Gasteiger partial charge in [0.15, 0.2) is 0 Å². The Kier molecular flexibility index (Phi) is 3.76. The van der Waals surface area contributed by atoms with Crippen molar-refractivity contribution in [3.8, 4) is 0 Å². The molecule has 4 nitrogen and oxygen atoms in total. The van der Waals surface area contributed by atoms with Crippen LogP contribution in [0.15, 0.2) is 24.3 Å². The third-order valence-corrected chi connectivity index (χ3v) is 4.16. The monoisotopic (exact) mass is 275 g/mol. The molecule has 0 aliphatic carbocycles. The maximum Gasteiger partial charge on any atom is 0.248 e. The van der Waals surface area contributed by atoms with E-state index in [0.717, 1.165) is 12.2 Å². The van der Waals surface area contributed by atoms with Crippen LogP contribution in [0.4, 0.5) is 11.4 Å². The molecule has 1 amide bonds. The molecule has 1 heterocycles. The topological polar surface area (TPSA) is 81.1 Å². The van der Waals surface area contributed by atoms with Crippen molar-refractivity contribution in [2.45, 2.75) is 20.4 Å². The van der Waals surface area contributed by atoms with Crippen LogP contribution in [0.5, 0.6) is 0 Å². The predicted octanol–water partition coefficient (Wildman–Crippen LogP) is 2.66. The van der Waals surface area contributed by atoms with E-state index in [-0.39, 0.29) is 0 Å². The number of amides is 1. The molecule has 5 heteroatoms. The van der Waals surface area contributed by atoms with Crippen LogP contribution in [-0.2, 0) is 6.54 Å². The van der Waals surface area contributed by atoms with Gasteiger partial charge < -0.3 is 16.8 Å². The zero-order valence-corrected chi connectivity index (χ0v) is 11.8. The van der Waals surface area contributed by atoms with Crippen molar-refractivity contribution in [3.05, 3.63) is 45.1 Å². The van der Waals surface area contributed by atoms with Gasteiger partial charge in [-0.05, 0) is 43.7 Å². The Balaban J connectivity index is 2.09. The lowest BCUT2D eigenvalue weighted by molar-refractivity contribution is 0.100. The van der Waals surface area contributed by atoms with E-state index in [1.54, 1.807) is 29.5 Å². The van der Waals surface area contributed by atoms with E-state index in [4.69, 9.17) is 11.5 Å². The number of carbonyl (C=O) groups is 1. The summed E-state index contributed by atoms with van der Waals surface area (Å²) in [7, 11) is 0. The Morgan fingerprint density at radius 1 is 1.32 bits per heavy atom. The van der Waals surface area contributed by atoms with Crippen LogP contribution in [0.1, 0.15) is 25.7 Å². The molecular weight excluding hydrogens is 258 g/mol.